The van der Waals surface area contributed by atoms with Gasteiger partial charge < -0.3 is 19.3 Å². The van der Waals surface area contributed by atoms with E-state index in [9.17, 15) is 14.7 Å². The van der Waals surface area contributed by atoms with Crippen LogP contribution in [0.3, 0.4) is 0 Å². The molecule has 6 nitrogen and oxygen atoms in total. The Kier molecular flexibility index (Phi) is 5.24. The zero-order valence-electron chi connectivity index (χ0n) is 18.0. The van der Waals surface area contributed by atoms with Gasteiger partial charge in [-0.05, 0) is 38.1 Å². The molecule has 1 aliphatic rings. The zero-order chi connectivity index (χ0) is 22.8. The predicted molar refractivity (Wildman–Crippen MR) is 105 cm³/mol. The molecule has 3 rings (SSSR count). The molecule has 1 aliphatic heterocycles. The molecule has 0 radical (unpaired) electrons. The fourth-order valence-electron chi connectivity index (χ4n) is 2.76. The smallest absolute Gasteiger partial charge is 0.338 e. The third kappa shape index (κ3) is 4.65. The molecular formula is C23H22O6. The summed E-state index contributed by atoms with van der Waals surface area (Å²) < 4.78 is 32.2. The monoisotopic (exact) mass is 396 g/mol. The number of aliphatic hydroxyl groups is 1. The van der Waals surface area contributed by atoms with Crippen LogP contribution in [0.15, 0.2) is 48.5 Å². The number of aryl methyl sites for hydroxylation is 2. The number of ether oxygens (including phenoxy) is 3. The topological polar surface area (TPSA) is 82.1 Å². The first-order chi connectivity index (χ1) is 14.6. The predicted octanol–water partition coefficient (Wildman–Crippen LogP) is 2.80. The average Bonchev–Trinajstić information content (AvgIpc) is 2.93. The fraction of sp³-hybridized carbons (Fsp3) is 0.304. The molecule has 29 heavy (non-hydrogen) atoms. The van der Waals surface area contributed by atoms with Crippen molar-refractivity contribution in [2.75, 3.05) is 6.61 Å². The van der Waals surface area contributed by atoms with Gasteiger partial charge in [-0.25, -0.2) is 9.59 Å². The summed E-state index contributed by atoms with van der Waals surface area (Å²) in [5.74, 6) is 0.649. The molecule has 0 saturated carbocycles. The summed E-state index contributed by atoms with van der Waals surface area (Å²) in [7, 11) is 0. The Morgan fingerprint density at radius 2 is 1.66 bits per heavy atom. The van der Waals surface area contributed by atoms with E-state index in [2.05, 4.69) is 5.92 Å². The molecule has 6 heteroatoms. The molecule has 1 N–H and O–H groups in total. The highest BCUT2D eigenvalue weighted by Crippen LogP contribution is 2.33. The maximum atomic E-state index is 12.6. The van der Waals surface area contributed by atoms with E-state index in [-0.39, 0.29) is 11.1 Å². The number of hydrogen-bond acceptors (Lipinski definition) is 6. The SMILES string of the molecule is [2H]C1([2H])C(O)O[C@](C#C)(COC(=O)c2ccc(C)cc2)[C@H]1OC(=O)c1ccc(C)cc1. The average molecular weight is 396 g/mol. The number of rotatable bonds is 5. The van der Waals surface area contributed by atoms with Crippen LogP contribution in [0.5, 0.6) is 0 Å². The minimum atomic E-state index is -2.54. The van der Waals surface area contributed by atoms with E-state index >= 15 is 0 Å². The Morgan fingerprint density at radius 1 is 1.14 bits per heavy atom. The number of aliphatic hydroxyl groups excluding tert-OH is 1. The Bertz CT molecular complexity index is 1010. The van der Waals surface area contributed by atoms with Crippen molar-refractivity contribution < 1.29 is 31.6 Å². The molecule has 1 saturated heterocycles. The van der Waals surface area contributed by atoms with Gasteiger partial charge >= 0.3 is 11.9 Å². The third-order valence-corrected chi connectivity index (χ3v) is 4.50. The first kappa shape index (κ1) is 17.9. The van der Waals surface area contributed by atoms with Crippen LogP contribution in [0.4, 0.5) is 0 Å². The van der Waals surface area contributed by atoms with Crippen molar-refractivity contribution in [3.8, 4) is 12.3 Å². The molecule has 3 atom stereocenters. The zero-order valence-corrected chi connectivity index (χ0v) is 16.0. The van der Waals surface area contributed by atoms with Crippen molar-refractivity contribution in [2.45, 2.75) is 38.2 Å². The summed E-state index contributed by atoms with van der Waals surface area (Å²) in [6.07, 6.45) is -0.664. The van der Waals surface area contributed by atoms with Gasteiger partial charge in [0.05, 0.1) is 11.1 Å². The first-order valence-corrected chi connectivity index (χ1v) is 8.94. The molecule has 0 aromatic heterocycles. The van der Waals surface area contributed by atoms with Crippen LogP contribution >= 0.6 is 0 Å². The lowest BCUT2D eigenvalue weighted by Crippen LogP contribution is -2.45. The molecule has 0 amide bonds. The van der Waals surface area contributed by atoms with E-state index in [1.807, 2.05) is 13.8 Å². The molecular weight excluding hydrogens is 372 g/mol. The maximum absolute atomic E-state index is 12.6. The normalized spacial score (nSPS) is 26.0. The highest BCUT2D eigenvalue weighted by molar-refractivity contribution is 5.90. The second-order valence-corrected chi connectivity index (χ2v) is 6.76. The van der Waals surface area contributed by atoms with E-state index in [1.54, 1.807) is 36.4 Å². The molecule has 1 unspecified atom stereocenters. The van der Waals surface area contributed by atoms with Gasteiger partial charge in [-0.15, -0.1) is 6.42 Å². The van der Waals surface area contributed by atoms with Crippen molar-refractivity contribution in [1.82, 2.24) is 0 Å². The molecule has 2 aromatic rings. The van der Waals surface area contributed by atoms with Gasteiger partial charge in [-0.3, -0.25) is 0 Å². The van der Waals surface area contributed by atoms with Crippen LogP contribution in [-0.4, -0.2) is 41.6 Å². The summed E-state index contributed by atoms with van der Waals surface area (Å²) in [5, 5.41) is 10.1. The second kappa shape index (κ2) is 8.48. The van der Waals surface area contributed by atoms with Crippen LogP contribution in [0.2, 0.25) is 0 Å². The Balaban J connectivity index is 1.83. The number of carbonyl (C=O) groups is 2. The third-order valence-electron chi connectivity index (χ3n) is 4.50. The van der Waals surface area contributed by atoms with Crippen LogP contribution in [-0.2, 0) is 14.2 Å². The molecule has 0 aliphatic carbocycles. The van der Waals surface area contributed by atoms with Crippen molar-refractivity contribution in [3.63, 3.8) is 0 Å². The summed E-state index contributed by atoms with van der Waals surface area (Å²) in [5.41, 5.74) is 0.296. The lowest BCUT2D eigenvalue weighted by molar-refractivity contribution is -0.141. The number of terminal acetylenes is 1. The second-order valence-electron chi connectivity index (χ2n) is 6.76. The van der Waals surface area contributed by atoms with Gasteiger partial charge in [0.2, 0.25) is 5.60 Å². The fourth-order valence-corrected chi connectivity index (χ4v) is 2.76. The lowest BCUT2D eigenvalue weighted by atomic mass is 9.98. The number of carbonyl (C=O) groups excluding carboxylic acids is 2. The van der Waals surface area contributed by atoms with Gasteiger partial charge in [-0.1, -0.05) is 41.3 Å². The van der Waals surface area contributed by atoms with Crippen molar-refractivity contribution in [3.05, 3.63) is 70.8 Å². The number of esters is 2. The Labute approximate surface area is 172 Å². The maximum Gasteiger partial charge on any atom is 0.338 e. The van der Waals surface area contributed by atoms with Crippen LogP contribution in [0.1, 0.15) is 41.0 Å². The van der Waals surface area contributed by atoms with Crippen LogP contribution < -0.4 is 0 Å². The van der Waals surface area contributed by atoms with E-state index in [0.29, 0.717) is 0 Å². The van der Waals surface area contributed by atoms with Gasteiger partial charge in [0, 0.05) is 9.11 Å². The summed E-state index contributed by atoms with van der Waals surface area (Å²) in [6.45, 7) is 3.09. The first-order valence-electron chi connectivity index (χ1n) is 9.94. The minimum Gasteiger partial charge on any atom is -0.458 e. The minimum absolute atomic E-state index is 0.172. The van der Waals surface area contributed by atoms with E-state index in [4.69, 9.17) is 23.4 Å². The standard InChI is InChI=1S/C23H22O6/c1-4-23(14-27-21(25)17-9-5-15(2)6-10-17)19(13-20(24)29-23)28-22(26)18-11-7-16(3)8-12-18/h1,5-12,19-20,24H,13-14H2,2-3H3/t19-,20?,23+/m0/s1/i13D2. The number of benzene rings is 2. The van der Waals surface area contributed by atoms with Gasteiger partial charge in [0.15, 0.2) is 12.4 Å². The van der Waals surface area contributed by atoms with Gasteiger partial charge in [-0.2, -0.15) is 0 Å². The molecule has 0 spiro atoms. The molecule has 2 aromatic carbocycles. The van der Waals surface area contributed by atoms with Crippen LogP contribution in [0.25, 0.3) is 0 Å². The quantitative estimate of drug-likeness (QED) is 0.618. The van der Waals surface area contributed by atoms with Gasteiger partial charge in [0.1, 0.15) is 6.61 Å². The Hall–Kier alpha value is -3.14. The molecule has 1 fully saturated rings. The largest absolute Gasteiger partial charge is 0.458 e. The van der Waals surface area contributed by atoms with Crippen molar-refractivity contribution in [2.24, 2.45) is 0 Å². The lowest BCUT2D eigenvalue weighted by Gasteiger charge is -2.28. The van der Waals surface area contributed by atoms with E-state index in [0.717, 1.165) is 11.1 Å². The van der Waals surface area contributed by atoms with E-state index < -0.39 is 42.9 Å². The number of hydrogen-bond donors (Lipinski definition) is 1. The van der Waals surface area contributed by atoms with Crippen LogP contribution in [0, 0.1) is 26.2 Å². The highest BCUT2D eigenvalue weighted by Gasteiger charge is 2.51. The molecule has 0 bridgehead atoms. The highest BCUT2D eigenvalue weighted by atomic mass is 16.7. The van der Waals surface area contributed by atoms with Gasteiger partial charge in [0.25, 0.3) is 0 Å². The van der Waals surface area contributed by atoms with E-state index in [1.165, 1.54) is 12.1 Å². The molecule has 1 heterocycles. The molecule has 150 valence electrons. The van der Waals surface area contributed by atoms with Crippen molar-refractivity contribution >= 4 is 11.9 Å². The summed E-state index contributed by atoms with van der Waals surface area (Å²) in [4.78, 5) is 25.0. The van der Waals surface area contributed by atoms with Crippen molar-refractivity contribution in [1.29, 1.82) is 0 Å². The Morgan fingerprint density at radius 3 is 2.17 bits per heavy atom. The summed E-state index contributed by atoms with van der Waals surface area (Å²) >= 11 is 0. The summed E-state index contributed by atoms with van der Waals surface area (Å²) in [6, 6.07) is 13.0.